The molecule has 0 aliphatic carbocycles. The van der Waals surface area contributed by atoms with Gasteiger partial charge < -0.3 is 11.1 Å². The van der Waals surface area contributed by atoms with Gasteiger partial charge in [-0.2, -0.15) is 0 Å². The normalized spacial score (nSPS) is 12.1. The van der Waals surface area contributed by atoms with Crippen LogP contribution in [0.3, 0.4) is 0 Å². The second kappa shape index (κ2) is 8.95. The number of aromatic nitrogens is 2. The molecular weight excluding hydrogens is 348 g/mol. The smallest absolute Gasteiger partial charge is 0.228 e. The van der Waals surface area contributed by atoms with E-state index in [1.54, 1.807) is 6.20 Å². The maximum Gasteiger partial charge on any atom is 0.228 e. The first-order chi connectivity index (χ1) is 13.6. The summed E-state index contributed by atoms with van der Waals surface area (Å²) >= 11 is 0. The maximum atomic E-state index is 12.3. The molecule has 1 unspecified atom stereocenters. The van der Waals surface area contributed by atoms with Gasteiger partial charge in [0, 0.05) is 17.2 Å². The van der Waals surface area contributed by atoms with Gasteiger partial charge in [-0.3, -0.25) is 4.79 Å². The van der Waals surface area contributed by atoms with E-state index in [1.165, 1.54) is 0 Å². The van der Waals surface area contributed by atoms with Gasteiger partial charge in [0.05, 0.1) is 11.9 Å². The van der Waals surface area contributed by atoms with Crippen LogP contribution >= 0.6 is 0 Å². The summed E-state index contributed by atoms with van der Waals surface area (Å²) in [6.45, 7) is 3.88. The van der Waals surface area contributed by atoms with Gasteiger partial charge in [-0.25, -0.2) is 9.97 Å². The molecule has 2 aromatic carbocycles. The molecule has 1 heterocycles. The number of hydrogen-bond acceptors (Lipinski definition) is 4. The Kier molecular flexibility index (Phi) is 6.17. The fourth-order valence-corrected chi connectivity index (χ4v) is 2.57. The van der Waals surface area contributed by atoms with Crippen LogP contribution in [0.15, 0.2) is 60.8 Å². The van der Waals surface area contributed by atoms with Crippen LogP contribution < -0.4 is 11.1 Å². The molecule has 0 aliphatic heterocycles. The number of nitrogen functional groups attached to an aromatic ring is 1. The lowest BCUT2D eigenvalue weighted by atomic mass is 10.1. The molecule has 0 saturated carbocycles. The van der Waals surface area contributed by atoms with Crippen molar-refractivity contribution in [3.05, 3.63) is 72.1 Å². The third kappa shape index (κ3) is 4.82. The summed E-state index contributed by atoms with van der Waals surface area (Å²) in [4.78, 5) is 21.5. The SMILES string of the molecule is CCC(C)C(=O)Nc1ncc(-c2ccc(N)cc2)nc1C=Cc1ccccc1. The molecule has 1 aromatic heterocycles. The average molecular weight is 372 g/mol. The van der Waals surface area contributed by atoms with Gasteiger partial charge >= 0.3 is 0 Å². The summed E-state index contributed by atoms with van der Waals surface area (Å²) in [6.07, 6.45) is 6.25. The number of carbonyl (C=O) groups is 1. The van der Waals surface area contributed by atoms with Crippen molar-refractivity contribution in [1.82, 2.24) is 9.97 Å². The average Bonchev–Trinajstić information content (AvgIpc) is 2.73. The van der Waals surface area contributed by atoms with Gasteiger partial charge in [-0.1, -0.05) is 62.4 Å². The van der Waals surface area contributed by atoms with Gasteiger partial charge in [0.1, 0.15) is 5.69 Å². The van der Waals surface area contributed by atoms with Crippen molar-refractivity contribution in [3.63, 3.8) is 0 Å². The highest BCUT2D eigenvalue weighted by Gasteiger charge is 2.14. The van der Waals surface area contributed by atoms with Crippen molar-refractivity contribution in [2.45, 2.75) is 20.3 Å². The summed E-state index contributed by atoms with van der Waals surface area (Å²) in [5, 5.41) is 2.90. The van der Waals surface area contributed by atoms with Crippen LogP contribution in [0.5, 0.6) is 0 Å². The highest BCUT2D eigenvalue weighted by molar-refractivity contribution is 5.93. The second-order valence-corrected chi connectivity index (χ2v) is 6.65. The molecule has 28 heavy (non-hydrogen) atoms. The highest BCUT2D eigenvalue weighted by Crippen LogP contribution is 2.23. The van der Waals surface area contributed by atoms with Gasteiger partial charge in [0.25, 0.3) is 0 Å². The van der Waals surface area contributed by atoms with Crippen molar-refractivity contribution >= 4 is 29.6 Å². The van der Waals surface area contributed by atoms with E-state index >= 15 is 0 Å². The first kappa shape index (κ1) is 19.3. The van der Waals surface area contributed by atoms with Crippen molar-refractivity contribution in [2.75, 3.05) is 11.1 Å². The van der Waals surface area contributed by atoms with Gasteiger partial charge in [-0.15, -0.1) is 0 Å². The van der Waals surface area contributed by atoms with Crippen LogP contribution in [0.4, 0.5) is 11.5 Å². The van der Waals surface area contributed by atoms with Crippen LogP contribution in [-0.2, 0) is 4.79 Å². The lowest BCUT2D eigenvalue weighted by molar-refractivity contribution is -0.119. The van der Waals surface area contributed by atoms with Crippen LogP contribution in [-0.4, -0.2) is 15.9 Å². The van der Waals surface area contributed by atoms with Crippen LogP contribution in [0.1, 0.15) is 31.5 Å². The summed E-state index contributed by atoms with van der Waals surface area (Å²) in [5.74, 6) is 0.299. The Morgan fingerprint density at radius 2 is 1.82 bits per heavy atom. The molecule has 0 bridgehead atoms. The van der Waals surface area contributed by atoms with Crippen molar-refractivity contribution < 1.29 is 4.79 Å². The molecule has 3 aromatic rings. The minimum absolute atomic E-state index is 0.0635. The summed E-state index contributed by atoms with van der Waals surface area (Å²) in [7, 11) is 0. The van der Waals surface area contributed by atoms with Gasteiger partial charge in [-0.05, 0) is 30.2 Å². The third-order valence-electron chi connectivity index (χ3n) is 4.54. The van der Waals surface area contributed by atoms with Crippen LogP contribution in [0, 0.1) is 5.92 Å². The van der Waals surface area contributed by atoms with E-state index in [0.717, 1.165) is 17.5 Å². The molecular formula is C23H24N4O. The Balaban J connectivity index is 1.97. The number of hydrogen-bond donors (Lipinski definition) is 2. The fourth-order valence-electron chi connectivity index (χ4n) is 2.57. The van der Waals surface area contributed by atoms with E-state index in [1.807, 2.05) is 80.6 Å². The second-order valence-electron chi connectivity index (χ2n) is 6.65. The van der Waals surface area contributed by atoms with E-state index in [9.17, 15) is 4.79 Å². The molecule has 0 radical (unpaired) electrons. The Bertz CT molecular complexity index is 966. The monoisotopic (exact) mass is 372 g/mol. The number of benzene rings is 2. The third-order valence-corrected chi connectivity index (χ3v) is 4.54. The number of amides is 1. The number of carbonyl (C=O) groups excluding carboxylic acids is 1. The number of anilines is 2. The minimum atomic E-state index is -0.0930. The van der Waals surface area contributed by atoms with E-state index in [-0.39, 0.29) is 11.8 Å². The molecule has 0 aliphatic rings. The molecule has 0 fully saturated rings. The van der Waals surface area contributed by atoms with Gasteiger partial charge in [0.15, 0.2) is 5.82 Å². The Labute approximate surface area is 165 Å². The molecule has 3 rings (SSSR count). The lowest BCUT2D eigenvalue weighted by Crippen LogP contribution is -2.21. The van der Waals surface area contributed by atoms with Gasteiger partial charge in [0.2, 0.25) is 5.91 Å². The lowest BCUT2D eigenvalue weighted by Gasteiger charge is -2.12. The molecule has 5 nitrogen and oxygen atoms in total. The Morgan fingerprint density at radius 1 is 1.11 bits per heavy atom. The molecule has 3 N–H and O–H groups in total. The number of nitrogens with zero attached hydrogens (tertiary/aromatic N) is 2. The molecule has 1 atom stereocenters. The van der Waals surface area contributed by atoms with Crippen molar-refractivity contribution in [3.8, 4) is 11.3 Å². The predicted molar refractivity (Wildman–Crippen MR) is 115 cm³/mol. The zero-order valence-electron chi connectivity index (χ0n) is 16.1. The highest BCUT2D eigenvalue weighted by atomic mass is 16.1. The predicted octanol–water partition coefficient (Wildman–Crippen LogP) is 4.88. The maximum absolute atomic E-state index is 12.3. The topological polar surface area (TPSA) is 80.9 Å². The van der Waals surface area contributed by atoms with Crippen LogP contribution in [0.2, 0.25) is 0 Å². The molecule has 5 heteroatoms. The Hall–Kier alpha value is -3.47. The van der Waals surface area contributed by atoms with E-state index < -0.39 is 0 Å². The van der Waals surface area contributed by atoms with E-state index in [0.29, 0.717) is 22.9 Å². The number of nitrogens with two attached hydrogens (primary N) is 1. The fraction of sp³-hybridized carbons (Fsp3) is 0.174. The quantitative estimate of drug-likeness (QED) is 0.604. The molecule has 142 valence electrons. The molecule has 0 saturated heterocycles. The Morgan fingerprint density at radius 3 is 2.50 bits per heavy atom. The molecule has 1 amide bonds. The largest absolute Gasteiger partial charge is 0.399 e. The zero-order valence-corrected chi connectivity index (χ0v) is 16.1. The number of rotatable bonds is 6. The zero-order chi connectivity index (χ0) is 19.9. The van der Waals surface area contributed by atoms with Crippen LogP contribution in [0.25, 0.3) is 23.4 Å². The van der Waals surface area contributed by atoms with E-state index in [2.05, 4.69) is 10.3 Å². The van der Waals surface area contributed by atoms with Crippen molar-refractivity contribution in [2.24, 2.45) is 5.92 Å². The standard InChI is InChI=1S/C23H24N4O/c1-3-16(2)23(28)27-22-20(14-9-17-7-5-4-6-8-17)26-21(15-25-22)18-10-12-19(24)13-11-18/h4-16H,3,24H2,1-2H3,(H,25,27,28). The number of nitrogens with one attached hydrogen (secondary N) is 1. The first-order valence-corrected chi connectivity index (χ1v) is 9.33. The summed E-state index contributed by atoms with van der Waals surface area (Å²) in [6, 6.07) is 17.4. The van der Waals surface area contributed by atoms with E-state index in [4.69, 9.17) is 10.7 Å². The molecule has 0 spiro atoms. The summed E-state index contributed by atoms with van der Waals surface area (Å²) in [5.41, 5.74) is 9.74. The summed E-state index contributed by atoms with van der Waals surface area (Å²) < 4.78 is 0. The van der Waals surface area contributed by atoms with Crippen molar-refractivity contribution in [1.29, 1.82) is 0 Å². The minimum Gasteiger partial charge on any atom is -0.399 e. The first-order valence-electron chi connectivity index (χ1n) is 9.33.